The molecule has 84 valence electrons. The van der Waals surface area contributed by atoms with Crippen LogP contribution in [0.15, 0.2) is 29.2 Å². The summed E-state index contributed by atoms with van der Waals surface area (Å²) in [6.07, 6.45) is 0. The molecule has 0 N–H and O–H groups in total. The lowest BCUT2D eigenvalue weighted by Crippen LogP contribution is -2.18. The zero-order chi connectivity index (χ0) is 11.5. The zero-order valence-electron chi connectivity index (χ0n) is 8.71. The Kier molecular flexibility index (Phi) is 4.14. The highest BCUT2D eigenvalue weighted by molar-refractivity contribution is 8.00. The summed E-state index contributed by atoms with van der Waals surface area (Å²) >= 11 is 0.851. The van der Waals surface area contributed by atoms with E-state index in [0.717, 1.165) is 17.3 Å². The minimum atomic E-state index is -4.69. The van der Waals surface area contributed by atoms with Crippen LogP contribution in [-0.2, 0) is 0 Å². The third-order valence-corrected chi connectivity index (χ3v) is 3.14. The minimum Gasteiger partial charge on any atom is -0.448 e. The Bertz CT molecular complexity index is 305. The molecule has 0 radical (unpaired) electrons. The second-order valence-electron chi connectivity index (χ2n) is 3.75. The molecule has 0 amide bonds. The fourth-order valence-corrected chi connectivity index (χ4v) is 1.85. The molecule has 0 aromatic heterocycles. The van der Waals surface area contributed by atoms with Crippen molar-refractivity contribution in [3.05, 3.63) is 29.8 Å². The smallest absolute Gasteiger partial charge is 0.448 e. The monoisotopic (exact) mass is 233 g/mol. The van der Waals surface area contributed by atoms with Gasteiger partial charge in [-0.2, -0.15) is 11.8 Å². The van der Waals surface area contributed by atoms with E-state index in [0.29, 0.717) is 10.8 Å². The maximum absolute atomic E-state index is 12.0. The van der Waals surface area contributed by atoms with E-state index in [-0.39, 0.29) is 0 Å². The first kappa shape index (κ1) is 12.5. The molecule has 0 saturated heterocycles. The molecule has 0 atom stereocenters. The van der Waals surface area contributed by atoms with E-state index in [1.54, 1.807) is 12.1 Å². The second kappa shape index (κ2) is 4.97. The maximum Gasteiger partial charge on any atom is 0.488 e. The van der Waals surface area contributed by atoms with Crippen molar-refractivity contribution in [1.29, 1.82) is 0 Å². The first-order chi connectivity index (χ1) is 6.88. The quantitative estimate of drug-likeness (QED) is 0.552. The minimum absolute atomic E-state index is 0.413. The summed E-state index contributed by atoms with van der Waals surface area (Å²) < 4.78 is 36.0. The van der Waals surface area contributed by atoms with Gasteiger partial charge in [0.15, 0.2) is 0 Å². The summed E-state index contributed by atoms with van der Waals surface area (Å²) in [4.78, 5) is 0.679. The Hall–Kier alpha value is -0.575. The molecular formula is C10H13BF3S-. The molecule has 0 bridgehead atoms. The Balaban J connectivity index is 2.57. The van der Waals surface area contributed by atoms with Crippen molar-refractivity contribution in [3.63, 3.8) is 0 Å². The summed E-state index contributed by atoms with van der Waals surface area (Å²) in [6, 6.07) is 7.27. The average molecular weight is 233 g/mol. The average Bonchev–Trinajstić information content (AvgIpc) is 2.14. The van der Waals surface area contributed by atoms with Crippen LogP contribution >= 0.6 is 11.8 Å². The Morgan fingerprint density at radius 2 is 1.67 bits per heavy atom. The first-order valence-electron chi connectivity index (χ1n) is 4.82. The number of rotatable bonds is 4. The van der Waals surface area contributed by atoms with Crippen LogP contribution in [0.5, 0.6) is 0 Å². The zero-order valence-corrected chi connectivity index (χ0v) is 9.53. The summed E-state index contributed by atoms with van der Waals surface area (Å²) in [5, 5.41) is 0. The van der Waals surface area contributed by atoms with E-state index in [4.69, 9.17) is 0 Å². The molecule has 0 heterocycles. The fourth-order valence-electron chi connectivity index (χ4n) is 1.14. The van der Waals surface area contributed by atoms with Gasteiger partial charge in [-0.1, -0.05) is 26.0 Å². The highest BCUT2D eigenvalue weighted by Gasteiger charge is 2.22. The molecule has 0 aliphatic carbocycles. The van der Waals surface area contributed by atoms with Crippen molar-refractivity contribution in [2.24, 2.45) is 0 Å². The number of hydrogen-bond acceptors (Lipinski definition) is 1. The SMILES string of the molecule is CC(C)c1ccc(SC[B-](F)(F)F)cc1. The molecule has 0 nitrogen and oxygen atoms in total. The van der Waals surface area contributed by atoms with Gasteiger partial charge in [0.05, 0.1) is 0 Å². The highest BCUT2D eigenvalue weighted by atomic mass is 32.2. The van der Waals surface area contributed by atoms with Gasteiger partial charge in [0.2, 0.25) is 0 Å². The molecule has 1 rings (SSSR count). The lowest BCUT2D eigenvalue weighted by Gasteiger charge is -2.13. The lowest BCUT2D eigenvalue weighted by atomic mass is 9.98. The van der Waals surface area contributed by atoms with Gasteiger partial charge in [-0.25, -0.2) is 0 Å². The topological polar surface area (TPSA) is 0 Å². The third-order valence-electron chi connectivity index (χ3n) is 1.99. The van der Waals surface area contributed by atoms with Crippen LogP contribution in [0.25, 0.3) is 0 Å². The predicted molar refractivity (Wildman–Crippen MR) is 60.3 cm³/mol. The van der Waals surface area contributed by atoms with Crippen molar-refractivity contribution in [1.82, 2.24) is 0 Å². The van der Waals surface area contributed by atoms with Crippen molar-refractivity contribution >= 4 is 18.7 Å². The number of halogens is 3. The van der Waals surface area contributed by atoms with Crippen molar-refractivity contribution < 1.29 is 12.9 Å². The Labute approximate surface area is 92.3 Å². The molecule has 1 aromatic rings. The summed E-state index contributed by atoms with van der Waals surface area (Å²) in [6.45, 7) is -0.575. The van der Waals surface area contributed by atoms with E-state index < -0.39 is 12.6 Å². The van der Waals surface area contributed by atoms with Gasteiger partial charge < -0.3 is 12.9 Å². The molecule has 0 spiro atoms. The molecule has 0 fully saturated rings. The van der Waals surface area contributed by atoms with Gasteiger partial charge in [-0.05, 0) is 29.3 Å². The summed E-state index contributed by atoms with van der Waals surface area (Å²) in [5.74, 6) is 0.413. The van der Waals surface area contributed by atoms with Crippen LogP contribution in [-0.4, -0.2) is 12.6 Å². The Morgan fingerprint density at radius 1 is 1.13 bits per heavy atom. The summed E-state index contributed by atoms with van der Waals surface area (Å²) in [5.41, 5.74) is 0.387. The lowest BCUT2D eigenvalue weighted by molar-refractivity contribution is 0.485. The standard InChI is InChI=1S/C10H13BF3S/c1-8(2)9-3-5-10(6-4-9)15-7-11(12,13)14/h3-6,8H,7H2,1-2H3/q-1. The molecule has 1 aromatic carbocycles. The molecule has 0 unspecified atom stereocenters. The predicted octanol–water partition coefficient (Wildman–Crippen LogP) is 4.29. The third kappa shape index (κ3) is 4.64. The highest BCUT2D eigenvalue weighted by Crippen LogP contribution is 2.25. The van der Waals surface area contributed by atoms with Crippen LogP contribution < -0.4 is 0 Å². The van der Waals surface area contributed by atoms with Crippen molar-refractivity contribution in [2.45, 2.75) is 24.7 Å². The van der Waals surface area contributed by atoms with E-state index in [1.807, 2.05) is 12.1 Å². The van der Waals surface area contributed by atoms with E-state index in [1.165, 1.54) is 0 Å². The van der Waals surface area contributed by atoms with Gasteiger partial charge in [0.25, 0.3) is 0 Å². The number of thioether (sulfide) groups is 1. The molecule has 15 heavy (non-hydrogen) atoms. The normalized spacial score (nSPS) is 12.1. The van der Waals surface area contributed by atoms with Crippen LogP contribution in [0.4, 0.5) is 12.9 Å². The fraction of sp³-hybridized carbons (Fsp3) is 0.400. The van der Waals surface area contributed by atoms with Gasteiger partial charge in [0.1, 0.15) is 0 Å². The van der Waals surface area contributed by atoms with E-state index >= 15 is 0 Å². The molecule has 0 aliphatic heterocycles. The second-order valence-corrected chi connectivity index (χ2v) is 4.84. The molecule has 0 saturated carbocycles. The van der Waals surface area contributed by atoms with Crippen LogP contribution in [0.1, 0.15) is 25.3 Å². The van der Waals surface area contributed by atoms with Crippen molar-refractivity contribution in [3.8, 4) is 0 Å². The van der Waals surface area contributed by atoms with E-state index in [2.05, 4.69) is 13.8 Å². The first-order valence-corrected chi connectivity index (χ1v) is 5.81. The van der Waals surface area contributed by atoms with Gasteiger partial charge in [-0.15, -0.1) is 0 Å². The van der Waals surface area contributed by atoms with Gasteiger partial charge >= 0.3 is 6.98 Å². The molecular weight excluding hydrogens is 220 g/mol. The number of hydrogen-bond donors (Lipinski definition) is 0. The van der Waals surface area contributed by atoms with Gasteiger partial charge in [0, 0.05) is 4.90 Å². The van der Waals surface area contributed by atoms with E-state index in [9.17, 15) is 12.9 Å². The van der Waals surface area contributed by atoms with Crippen LogP contribution in [0, 0.1) is 0 Å². The summed E-state index contributed by atoms with van der Waals surface area (Å²) in [7, 11) is 0. The maximum atomic E-state index is 12.0. The Morgan fingerprint density at radius 3 is 2.07 bits per heavy atom. The largest absolute Gasteiger partial charge is 0.488 e. The van der Waals surface area contributed by atoms with Crippen LogP contribution in [0.2, 0.25) is 0 Å². The molecule has 0 aliphatic rings. The van der Waals surface area contributed by atoms with Crippen molar-refractivity contribution in [2.75, 3.05) is 5.65 Å². The van der Waals surface area contributed by atoms with Gasteiger partial charge in [-0.3, -0.25) is 0 Å². The molecule has 5 heteroatoms. The van der Waals surface area contributed by atoms with Crippen LogP contribution in [0.3, 0.4) is 0 Å². The number of benzene rings is 1.